The summed E-state index contributed by atoms with van der Waals surface area (Å²) in [6, 6.07) is 12.5. The highest BCUT2D eigenvalue weighted by Crippen LogP contribution is 2.34. The number of imidazole rings is 1. The first-order valence-electron chi connectivity index (χ1n) is 13.4. The average molecular weight is 568 g/mol. The number of carbonyl (C=O) groups excluding carboxylic acids is 2. The second-order valence-electron chi connectivity index (χ2n) is 10.3. The molecule has 2 aliphatic heterocycles. The molecule has 6 rings (SSSR count). The number of aliphatic imine (C=N–C) groups is 1. The number of amides is 1. The molecule has 3 atom stereocenters. The van der Waals surface area contributed by atoms with E-state index in [4.69, 9.17) is 14.5 Å². The molecule has 2 aromatic carbocycles. The first-order chi connectivity index (χ1) is 19.7. The van der Waals surface area contributed by atoms with Gasteiger partial charge in [-0.05, 0) is 55.7 Å². The molecular formula is C29H28F3N5O4. The van der Waals surface area contributed by atoms with Gasteiger partial charge in [-0.25, -0.2) is 14.8 Å². The van der Waals surface area contributed by atoms with E-state index in [2.05, 4.69) is 9.97 Å². The predicted molar refractivity (Wildman–Crippen MR) is 145 cm³/mol. The molecule has 0 spiro atoms. The molecule has 1 N–H and O–H groups in total. The summed E-state index contributed by atoms with van der Waals surface area (Å²) in [4.78, 5) is 41.9. The fraction of sp³-hybridized carbons (Fsp3) is 0.379. The van der Waals surface area contributed by atoms with Crippen LogP contribution in [-0.4, -0.2) is 60.2 Å². The van der Waals surface area contributed by atoms with Crippen molar-refractivity contribution >= 4 is 40.3 Å². The summed E-state index contributed by atoms with van der Waals surface area (Å²) in [5, 5.41) is 0. The number of carbonyl (C=O) groups is 2. The van der Waals surface area contributed by atoms with Gasteiger partial charge in [0.2, 0.25) is 18.2 Å². The van der Waals surface area contributed by atoms with Gasteiger partial charge in [0, 0.05) is 36.5 Å². The summed E-state index contributed by atoms with van der Waals surface area (Å²) in [5.74, 6) is -0.773. The lowest BCUT2D eigenvalue weighted by atomic mass is 9.92. The maximum atomic E-state index is 14.0. The number of benzene rings is 2. The number of methoxy groups -OCH3 is 1. The zero-order valence-electron chi connectivity index (χ0n) is 22.2. The second-order valence-corrected chi connectivity index (χ2v) is 10.3. The van der Waals surface area contributed by atoms with Gasteiger partial charge in [0.05, 0.1) is 35.7 Å². The number of aromatic amines is 1. The van der Waals surface area contributed by atoms with Crippen LogP contribution in [-0.2, 0) is 25.2 Å². The van der Waals surface area contributed by atoms with Crippen molar-refractivity contribution in [2.75, 3.05) is 30.0 Å². The van der Waals surface area contributed by atoms with Crippen molar-refractivity contribution < 1.29 is 32.2 Å². The highest BCUT2D eigenvalue weighted by Gasteiger charge is 2.43. The summed E-state index contributed by atoms with van der Waals surface area (Å²) in [6.45, 7) is 0.734. The van der Waals surface area contributed by atoms with E-state index >= 15 is 0 Å². The van der Waals surface area contributed by atoms with Crippen molar-refractivity contribution in [2.24, 2.45) is 10.9 Å². The van der Waals surface area contributed by atoms with Crippen LogP contribution in [0.4, 0.5) is 24.8 Å². The summed E-state index contributed by atoms with van der Waals surface area (Å²) in [6.07, 6.45) is -1.55. The molecule has 3 unspecified atom stereocenters. The van der Waals surface area contributed by atoms with Gasteiger partial charge < -0.3 is 19.4 Å². The Morgan fingerprint density at radius 1 is 1.12 bits per heavy atom. The molecule has 3 aromatic rings. The quantitative estimate of drug-likeness (QED) is 0.443. The van der Waals surface area contributed by atoms with Gasteiger partial charge >= 0.3 is 12.1 Å². The summed E-state index contributed by atoms with van der Waals surface area (Å²) in [7, 11) is 1.34. The Labute approximate surface area is 233 Å². The Morgan fingerprint density at radius 3 is 2.68 bits per heavy atom. The summed E-state index contributed by atoms with van der Waals surface area (Å²) in [5.41, 5.74) is 1.80. The molecule has 0 saturated carbocycles. The van der Waals surface area contributed by atoms with Gasteiger partial charge in [-0.3, -0.25) is 9.69 Å². The molecule has 1 aliphatic carbocycles. The molecule has 3 aliphatic rings. The van der Waals surface area contributed by atoms with Crippen LogP contribution >= 0.6 is 0 Å². The van der Waals surface area contributed by atoms with Crippen LogP contribution in [0.3, 0.4) is 0 Å². The minimum atomic E-state index is -4.46. The third-order valence-electron chi connectivity index (χ3n) is 7.67. The topological polar surface area (TPSA) is 100 Å². The second kappa shape index (κ2) is 10.7. The molecule has 0 radical (unpaired) electrons. The Kier molecular flexibility index (Phi) is 7.02. The lowest BCUT2D eigenvalue weighted by molar-refractivity contribution is -0.138. The normalized spacial score (nSPS) is 23.2. The van der Waals surface area contributed by atoms with E-state index in [1.807, 2.05) is 35.2 Å². The number of piperidine rings is 1. The van der Waals surface area contributed by atoms with Crippen molar-refractivity contribution in [3.8, 4) is 0 Å². The first kappa shape index (κ1) is 27.0. The zero-order valence-corrected chi connectivity index (χ0v) is 22.2. The van der Waals surface area contributed by atoms with E-state index in [0.717, 1.165) is 18.6 Å². The van der Waals surface area contributed by atoms with Crippen LogP contribution in [0.1, 0.15) is 31.2 Å². The smallest absolute Gasteiger partial charge is 0.416 e. The largest absolute Gasteiger partial charge is 0.466 e. The lowest BCUT2D eigenvalue weighted by Crippen LogP contribution is -2.57. The molecule has 1 saturated heterocycles. The van der Waals surface area contributed by atoms with Crippen LogP contribution in [0.5, 0.6) is 0 Å². The number of H-pyrrole nitrogens is 1. The first-order valence-corrected chi connectivity index (χ1v) is 13.4. The SMILES string of the molecule is COC(=O)C1=CC(OC2N=C3CCN(c4nc5ccc(C(F)(F)F)cc5[nH]4)CC3C(=O)N2c2ccccc2)CCC1. The number of nitrogens with one attached hydrogen (secondary N) is 1. The Hall–Kier alpha value is -4.19. The van der Waals surface area contributed by atoms with Crippen LogP contribution in [0.2, 0.25) is 0 Å². The molecule has 3 heterocycles. The van der Waals surface area contributed by atoms with E-state index in [0.29, 0.717) is 54.2 Å². The van der Waals surface area contributed by atoms with Crippen molar-refractivity contribution in [3.05, 3.63) is 65.7 Å². The number of fused-ring (bicyclic) bond motifs is 2. The summed E-state index contributed by atoms with van der Waals surface area (Å²) >= 11 is 0. The van der Waals surface area contributed by atoms with Crippen LogP contribution in [0.25, 0.3) is 11.0 Å². The Balaban J connectivity index is 1.28. The fourth-order valence-corrected chi connectivity index (χ4v) is 5.59. The van der Waals surface area contributed by atoms with Crippen molar-refractivity contribution in [2.45, 2.75) is 44.3 Å². The van der Waals surface area contributed by atoms with Crippen molar-refractivity contribution in [1.29, 1.82) is 0 Å². The van der Waals surface area contributed by atoms with E-state index in [-0.39, 0.29) is 18.0 Å². The van der Waals surface area contributed by atoms with E-state index < -0.39 is 36.1 Å². The molecule has 0 bridgehead atoms. The fourth-order valence-electron chi connectivity index (χ4n) is 5.59. The molecule has 12 heteroatoms. The Morgan fingerprint density at radius 2 is 1.93 bits per heavy atom. The highest BCUT2D eigenvalue weighted by atomic mass is 19.4. The number of alkyl halides is 3. The summed E-state index contributed by atoms with van der Waals surface area (Å²) < 4.78 is 50.8. The predicted octanol–water partition coefficient (Wildman–Crippen LogP) is 4.85. The van der Waals surface area contributed by atoms with Gasteiger partial charge in [-0.1, -0.05) is 18.2 Å². The number of hydrogen-bond donors (Lipinski definition) is 1. The number of aromatic nitrogens is 2. The number of anilines is 2. The van der Waals surface area contributed by atoms with Crippen LogP contribution in [0.15, 0.2) is 65.2 Å². The number of hydrogen-bond acceptors (Lipinski definition) is 7. The third-order valence-corrected chi connectivity index (χ3v) is 7.67. The molecule has 1 fully saturated rings. The molecule has 1 aromatic heterocycles. The minimum Gasteiger partial charge on any atom is -0.466 e. The number of ether oxygens (including phenoxy) is 2. The van der Waals surface area contributed by atoms with Crippen LogP contribution in [0, 0.1) is 5.92 Å². The van der Waals surface area contributed by atoms with E-state index in [1.165, 1.54) is 18.1 Å². The third kappa shape index (κ3) is 5.31. The number of esters is 1. The number of nitrogens with zero attached hydrogens (tertiary/aromatic N) is 4. The van der Waals surface area contributed by atoms with Crippen molar-refractivity contribution in [3.63, 3.8) is 0 Å². The molecule has 9 nitrogen and oxygen atoms in total. The van der Waals surface area contributed by atoms with E-state index in [9.17, 15) is 22.8 Å². The van der Waals surface area contributed by atoms with E-state index in [1.54, 1.807) is 6.08 Å². The standard InChI is InChI=1S/C29H28F3N5O4/c1-40-26(39)17-6-5-9-20(14-17)41-28-35-22-12-13-36(16-21(22)25(38)37(28)19-7-3-2-4-8-19)27-33-23-11-10-18(29(30,31)32)15-24(23)34-27/h2-4,7-8,10-11,14-15,20-21,28H,5-6,9,12-13,16H2,1H3,(H,33,34). The number of para-hydroxylation sites is 1. The minimum absolute atomic E-state index is 0.195. The van der Waals surface area contributed by atoms with Gasteiger partial charge in [-0.2, -0.15) is 13.2 Å². The maximum absolute atomic E-state index is 14.0. The Bertz CT molecular complexity index is 1530. The monoisotopic (exact) mass is 567 g/mol. The molecule has 1 amide bonds. The molecule has 41 heavy (non-hydrogen) atoms. The molecular weight excluding hydrogens is 539 g/mol. The highest BCUT2D eigenvalue weighted by molar-refractivity contribution is 6.13. The van der Waals surface area contributed by atoms with Crippen molar-refractivity contribution in [1.82, 2.24) is 9.97 Å². The molecule has 214 valence electrons. The lowest BCUT2D eigenvalue weighted by Gasteiger charge is -2.42. The van der Waals surface area contributed by atoms with Gasteiger partial charge in [0.15, 0.2) is 0 Å². The average Bonchev–Trinajstić information content (AvgIpc) is 3.41. The van der Waals surface area contributed by atoms with Gasteiger partial charge in [-0.15, -0.1) is 0 Å². The number of halogens is 3. The maximum Gasteiger partial charge on any atom is 0.416 e. The zero-order chi connectivity index (χ0) is 28.7. The van der Waals surface area contributed by atoms with Gasteiger partial charge in [0.25, 0.3) is 0 Å². The van der Waals surface area contributed by atoms with Crippen LogP contribution < -0.4 is 9.80 Å². The number of rotatable bonds is 5. The van der Waals surface area contributed by atoms with Gasteiger partial charge in [0.1, 0.15) is 0 Å².